The van der Waals surface area contributed by atoms with Gasteiger partial charge >= 0.3 is 0 Å². The van der Waals surface area contributed by atoms with Crippen LogP contribution in [-0.4, -0.2) is 35.3 Å². The molecular weight excluding hydrogens is 358 g/mol. The molecule has 144 valence electrons. The molecule has 0 bridgehead atoms. The fourth-order valence-electron chi connectivity index (χ4n) is 3.11. The van der Waals surface area contributed by atoms with E-state index in [4.69, 9.17) is 0 Å². The molecule has 7 heteroatoms. The van der Waals surface area contributed by atoms with E-state index in [9.17, 15) is 4.79 Å². The van der Waals surface area contributed by atoms with Gasteiger partial charge in [-0.15, -0.1) is 11.3 Å². The number of benzene rings is 1. The van der Waals surface area contributed by atoms with Crippen LogP contribution in [0.15, 0.2) is 29.3 Å². The van der Waals surface area contributed by atoms with Gasteiger partial charge in [0.2, 0.25) is 5.91 Å². The van der Waals surface area contributed by atoms with E-state index in [-0.39, 0.29) is 5.91 Å². The summed E-state index contributed by atoms with van der Waals surface area (Å²) in [4.78, 5) is 23.8. The van der Waals surface area contributed by atoms with Crippen LogP contribution in [0, 0.1) is 13.8 Å². The summed E-state index contributed by atoms with van der Waals surface area (Å²) in [6.07, 6.45) is 1.65. The van der Waals surface area contributed by atoms with Gasteiger partial charge in [0.05, 0.1) is 12.2 Å². The predicted molar refractivity (Wildman–Crippen MR) is 110 cm³/mol. The number of nitrogens with zero attached hydrogens (tertiary/aromatic N) is 3. The minimum atomic E-state index is 0.260. The van der Waals surface area contributed by atoms with Gasteiger partial charge in [-0.05, 0) is 31.4 Å². The molecule has 0 aliphatic carbocycles. The number of hydrogen-bond donors (Lipinski definition) is 2. The van der Waals surface area contributed by atoms with Gasteiger partial charge in [-0.25, -0.2) is 4.98 Å². The number of hydrogen-bond acceptors (Lipinski definition) is 4. The van der Waals surface area contributed by atoms with Crippen molar-refractivity contribution in [1.29, 1.82) is 0 Å². The number of carbonyl (C=O) groups excluding carboxylic acids is 1. The molecule has 1 saturated heterocycles. The lowest BCUT2D eigenvalue weighted by Gasteiger charge is -2.16. The Bertz CT molecular complexity index is 810. The quantitative estimate of drug-likeness (QED) is 0.593. The second-order valence-corrected chi connectivity index (χ2v) is 8.06. The molecule has 3 rings (SSSR count). The maximum atomic E-state index is 11.8. The van der Waals surface area contributed by atoms with E-state index < -0.39 is 0 Å². The Hall–Kier alpha value is -2.41. The first-order valence-electron chi connectivity index (χ1n) is 9.28. The summed E-state index contributed by atoms with van der Waals surface area (Å²) in [5.41, 5.74) is 3.43. The van der Waals surface area contributed by atoms with Gasteiger partial charge in [-0.1, -0.05) is 24.3 Å². The molecule has 0 spiro atoms. The lowest BCUT2D eigenvalue weighted by Crippen LogP contribution is -2.36. The molecule has 1 aromatic carbocycles. The molecule has 1 aliphatic heterocycles. The van der Waals surface area contributed by atoms with Gasteiger partial charge in [0.1, 0.15) is 5.01 Å². The highest BCUT2D eigenvalue weighted by Crippen LogP contribution is 2.16. The Morgan fingerprint density at radius 2 is 2.04 bits per heavy atom. The van der Waals surface area contributed by atoms with Crippen LogP contribution in [0.25, 0.3) is 0 Å². The van der Waals surface area contributed by atoms with Crippen molar-refractivity contribution in [3.63, 3.8) is 0 Å². The molecule has 2 N–H and O–H groups in total. The second-order valence-electron chi connectivity index (χ2n) is 6.77. The third-order valence-electron chi connectivity index (χ3n) is 4.70. The SMILES string of the molecule is CN=C(NCc1cccc(CN2CCCC2=O)c1)NCc1nc(C)c(C)s1. The number of guanidine groups is 1. The summed E-state index contributed by atoms with van der Waals surface area (Å²) in [5.74, 6) is 1.01. The molecule has 1 fully saturated rings. The smallest absolute Gasteiger partial charge is 0.222 e. The number of rotatable bonds is 6. The van der Waals surface area contributed by atoms with Crippen LogP contribution in [0.5, 0.6) is 0 Å². The van der Waals surface area contributed by atoms with Gasteiger partial charge in [0, 0.05) is 38.0 Å². The van der Waals surface area contributed by atoms with Crippen molar-refractivity contribution in [2.45, 2.75) is 46.3 Å². The van der Waals surface area contributed by atoms with E-state index in [1.807, 2.05) is 17.9 Å². The predicted octanol–water partition coefficient (Wildman–Crippen LogP) is 2.75. The number of likely N-dealkylation sites (tertiary alicyclic amines) is 1. The van der Waals surface area contributed by atoms with Gasteiger partial charge < -0.3 is 15.5 Å². The third-order valence-corrected chi connectivity index (χ3v) is 5.77. The topological polar surface area (TPSA) is 69.6 Å². The summed E-state index contributed by atoms with van der Waals surface area (Å²) < 4.78 is 0. The first kappa shape index (κ1) is 19.4. The van der Waals surface area contributed by atoms with E-state index in [0.29, 0.717) is 26.1 Å². The maximum absolute atomic E-state index is 11.8. The van der Waals surface area contributed by atoms with Crippen molar-refractivity contribution < 1.29 is 4.79 Å². The zero-order valence-electron chi connectivity index (χ0n) is 16.2. The molecule has 2 aromatic rings. The Balaban J connectivity index is 1.51. The monoisotopic (exact) mass is 385 g/mol. The van der Waals surface area contributed by atoms with Gasteiger partial charge in [-0.3, -0.25) is 9.79 Å². The molecule has 6 nitrogen and oxygen atoms in total. The molecule has 27 heavy (non-hydrogen) atoms. The average Bonchev–Trinajstić information content (AvgIpc) is 3.20. The van der Waals surface area contributed by atoms with Crippen molar-refractivity contribution in [3.05, 3.63) is 51.0 Å². The maximum Gasteiger partial charge on any atom is 0.222 e. The highest BCUT2D eigenvalue weighted by atomic mass is 32.1. The Morgan fingerprint density at radius 3 is 2.70 bits per heavy atom. The normalized spacial score (nSPS) is 14.7. The number of carbonyl (C=O) groups is 1. The van der Waals surface area contributed by atoms with Crippen LogP contribution < -0.4 is 10.6 Å². The van der Waals surface area contributed by atoms with Crippen LogP contribution >= 0.6 is 11.3 Å². The standard InChI is InChI=1S/C20H27N5OS/c1-14-15(2)27-18(24-14)12-23-20(21-3)22-11-16-6-4-7-17(10-16)13-25-9-5-8-19(25)26/h4,6-7,10H,5,8-9,11-13H2,1-3H3,(H2,21,22,23). The molecule has 1 aromatic heterocycles. The van der Waals surface area contributed by atoms with Crippen LogP contribution in [0.2, 0.25) is 0 Å². The van der Waals surface area contributed by atoms with E-state index in [1.165, 1.54) is 16.0 Å². The van der Waals surface area contributed by atoms with Crippen molar-refractivity contribution >= 4 is 23.2 Å². The fourth-order valence-corrected chi connectivity index (χ4v) is 3.98. The summed E-state index contributed by atoms with van der Waals surface area (Å²) in [6.45, 7) is 7.03. The van der Waals surface area contributed by atoms with Gasteiger partial charge in [-0.2, -0.15) is 0 Å². The lowest BCUT2D eigenvalue weighted by atomic mass is 10.1. The summed E-state index contributed by atoms with van der Waals surface area (Å²) in [5, 5.41) is 7.71. The van der Waals surface area contributed by atoms with E-state index in [1.54, 1.807) is 18.4 Å². The van der Waals surface area contributed by atoms with Crippen LogP contribution in [-0.2, 0) is 24.4 Å². The summed E-state index contributed by atoms with van der Waals surface area (Å²) >= 11 is 1.71. The minimum absolute atomic E-state index is 0.260. The fraction of sp³-hybridized carbons (Fsp3) is 0.450. The number of aliphatic imine (C=N–C) groups is 1. The highest BCUT2D eigenvalue weighted by molar-refractivity contribution is 7.11. The number of amides is 1. The second kappa shape index (κ2) is 8.99. The van der Waals surface area contributed by atoms with Crippen molar-refractivity contribution in [2.24, 2.45) is 4.99 Å². The Morgan fingerprint density at radius 1 is 1.26 bits per heavy atom. The first-order valence-corrected chi connectivity index (χ1v) is 10.1. The van der Waals surface area contributed by atoms with Crippen molar-refractivity contribution in [3.8, 4) is 0 Å². The van der Waals surface area contributed by atoms with Crippen LogP contribution in [0.4, 0.5) is 0 Å². The zero-order chi connectivity index (χ0) is 19.2. The molecule has 0 unspecified atom stereocenters. The number of nitrogens with one attached hydrogen (secondary N) is 2. The van der Waals surface area contributed by atoms with Gasteiger partial charge in [0.15, 0.2) is 5.96 Å². The molecule has 1 amide bonds. The summed E-state index contributed by atoms with van der Waals surface area (Å²) in [7, 11) is 1.77. The average molecular weight is 386 g/mol. The third kappa shape index (κ3) is 5.29. The van der Waals surface area contributed by atoms with E-state index in [2.05, 4.69) is 45.7 Å². The lowest BCUT2D eigenvalue weighted by molar-refractivity contribution is -0.128. The number of thiazole rings is 1. The molecule has 0 atom stereocenters. The Kier molecular flexibility index (Phi) is 6.45. The highest BCUT2D eigenvalue weighted by Gasteiger charge is 2.19. The largest absolute Gasteiger partial charge is 0.352 e. The van der Waals surface area contributed by atoms with Crippen LogP contribution in [0.3, 0.4) is 0 Å². The van der Waals surface area contributed by atoms with Crippen molar-refractivity contribution in [1.82, 2.24) is 20.5 Å². The van der Waals surface area contributed by atoms with E-state index in [0.717, 1.165) is 29.6 Å². The summed E-state index contributed by atoms with van der Waals surface area (Å²) in [6, 6.07) is 8.36. The van der Waals surface area contributed by atoms with Crippen molar-refractivity contribution in [2.75, 3.05) is 13.6 Å². The van der Waals surface area contributed by atoms with Gasteiger partial charge in [0.25, 0.3) is 0 Å². The molecule has 2 heterocycles. The first-order chi connectivity index (χ1) is 13.0. The Labute approximate surface area is 164 Å². The van der Waals surface area contributed by atoms with E-state index >= 15 is 0 Å². The molecular formula is C20H27N5OS. The molecule has 0 saturated carbocycles. The number of aryl methyl sites for hydroxylation is 2. The van der Waals surface area contributed by atoms with Crippen LogP contribution in [0.1, 0.15) is 39.5 Å². The molecule has 1 aliphatic rings. The minimum Gasteiger partial charge on any atom is -0.352 e. The zero-order valence-corrected chi connectivity index (χ0v) is 17.0. The molecule has 0 radical (unpaired) electrons. The number of aromatic nitrogens is 1.